The first-order valence-corrected chi connectivity index (χ1v) is 13.4. The van der Waals surface area contributed by atoms with E-state index in [9.17, 15) is 13.2 Å². The quantitative estimate of drug-likeness (QED) is 0.510. The predicted molar refractivity (Wildman–Crippen MR) is 132 cm³/mol. The fourth-order valence-electron chi connectivity index (χ4n) is 4.16. The first-order valence-electron chi connectivity index (χ1n) is 11.5. The summed E-state index contributed by atoms with van der Waals surface area (Å²) in [5, 5.41) is 0. The summed E-state index contributed by atoms with van der Waals surface area (Å²) in [6, 6.07) is 8.00. The van der Waals surface area contributed by atoms with Crippen LogP contribution in [0, 0.1) is 6.92 Å². The van der Waals surface area contributed by atoms with Gasteiger partial charge in [0, 0.05) is 56.8 Å². The number of aryl methyl sites for hydroxylation is 2. The first-order chi connectivity index (χ1) is 16.2. The molecule has 1 aliphatic rings. The number of piperidine rings is 1. The molecule has 3 aromatic rings. The molecule has 8 nitrogen and oxygen atoms in total. The molecule has 9 heteroatoms. The second-order valence-electron chi connectivity index (χ2n) is 8.74. The molecule has 1 saturated heterocycles. The molecule has 0 amide bonds. The zero-order chi connectivity index (χ0) is 24.3. The smallest absolute Gasteiger partial charge is 0.258 e. The van der Waals surface area contributed by atoms with Crippen LogP contribution in [0.15, 0.2) is 58.6 Å². The Morgan fingerprint density at radius 1 is 1.09 bits per heavy atom. The van der Waals surface area contributed by atoms with Gasteiger partial charge in [-0.15, -0.1) is 0 Å². The molecule has 0 saturated carbocycles. The van der Waals surface area contributed by atoms with Gasteiger partial charge in [-0.2, -0.15) is 0 Å². The van der Waals surface area contributed by atoms with E-state index in [1.165, 1.54) is 23.0 Å². The molecular weight excluding hydrogens is 452 g/mol. The van der Waals surface area contributed by atoms with Crippen LogP contribution in [0.2, 0.25) is 0 Å². The van der Waals surface area contributed by atoms with Gasteiger partial charge in [0.1, 0.15) is 11.9 Å². The Morgan fingerprint density at radius 2 is 1.79 bits per heavy atom. The lowest BCUT2D eigenvalue weighted by Crippen LogP contribution is -2.39. The molecule has 0 aliphatic carbocycles. The van der Waals surface area contributed by atoms with Crippen molar-refractivity contribution in [1.29, 1.82) is 0 Å². The van der Waals surface area contributed by atoms with E-state index in [2.05, 4.69) is 21.8 Å². The van der Waals surface area contributed by atoms with Crippen molar-refractivity contribution in [2.45, 2.75) is 50.5 Å². The van der Waals surface area contributed by atoms with Crippen LogP contribution in [0.5, 0.6) is 5.75 Å². The number of ether oxygens (including phenoxy) is 1. The maximum Gasteiger partial charge on any atom is 0.258 e. The van der Waals surface area contributed by atoms with Crippen LogP contribution in [-0.4, -0.2) is 48.4 Å². The summed E-state index contributed by atoms with van der Waals surface area (Å²) in [5.41, 5.74) is 2.27. The molecule has 3 heterocycles. The van der Waals surface area contributed by atoms with E-state index in [-0.39, 0.29) is 16.6 Å². The summed E-state index contributed by atoms with van der Waals surface area (Å²) in [6.45, 7) is 5.51. The summed E-state index contributed by atoms with van der Waals surface area (Å²) in [7, 11) is -3.30. The third-order valence-electron chi connectivity index (χ3n) is 6.00. The fourth-order valence-corrected chi connectivity index (χ4v) is 4.86. The van der Waals surface area contributed by atoms with Gasteiger partial charge in [-0.05, 0) is 48.7 Å². The largest absolute Gasteiger partial charge is 0.490 e. The molecule has 0 spiro atoms. The van der Waals surface area contributed by atoms with E-state index in [0.29, 0.717) is 17.0 Å². The van der Waals surface area contributed by atoms with Crippen molar-refractivity contribution < 1.29 is 13.2 Å². The van der Waals surface area contributed by atoms with Gasteiger partial charge in [0.2, 0.25) is 5.95 Å². The van der Waals surface area contributed by atoms with Crippen LogP contribution in [-0.2, 0) is 16.3 Å². The molecule has 1 fully saturated rings. The number of hydrogen-bond donors (Lipinski definition) is 0. The fraction of sp³-hybridized carbons (Fsp3) is 0.400. The van der Waals surface area contributed by atoms with E-state index in [1.54, 1.807) is 31.3 Å². The zero-order valence-corrected chi connectivity index (χ0v) is 20.6. The highest BCUT2D eigenvalue weighted by molar-refractivity contribution is 7.90. The normalized spacial score (nSPS) is 14.9. The summed E-state index contributed by atoms with van der Waals surface area (Å²) in [6.07, 6.45) is 10.3. The van der Waals surface area contributed by atoms with Crippen molar-refractivity contribution in [2.75, 3.05) is 24.2 Å². The van der Waals surface area contributed by atoms with Gasteiger partial charge in [0.15, 0.2) is 9.84 Å². The van der Waals surface area contributed by atoms with Crippen molar-refractivity contribution in [3.05, 3.63) is 70.4 Å². The third-order valence-corrected chi connectivity index (χ3v) is 7.12. The maximum atomic E-state index is 12.8. The van der Waals surface area contributed by atoms with Crippen LogP contribution in [0.25, 0.3) is 5.69 Å². The van der Waals surface area contributed by atoms with Crippen LogP contribution < -0.4 is 15.2 Å². The Morgan fingerprint density at radius 3 is 2.38 bits per heavy atom. The van der Waals surface area contributed by atoms with Crippen molar-refractivity contribution >= 4 is 15.8 Å². The van der Waals surface area contributed by atoms with Crippen LogP contribution in [0.1, 0.15) is 37.3 Å². The van der Waals surface area contributed by atoms with E-state index >= 15 is 0 Å². The van der Waals surface area contributed by atoms with E-state index in [4.69, 9.17) is 4.74 Å². The number of aromatic nitrogens is 3. The molecule has 180 valence electrons. The topological polar surface area (TPSA) is 94.4 Å². The molecular formula is C25H30N4O4S. The lowest BCUT2D eigenvalue weighted by Gasteiger charge is -2.32. The van der Waals surface area contributed by atoms with Crippen LogP contribution in [0.3, 0.4) is 0 Å². The highest BCUT2D eigenvalue weighted by Crippen LogP contribution is 2.22. The van der Waals surface area contributed by atoms with Crippen molar-refractivity contribution in [1.82, 2.24) is 14.5 Å². The number of anilines is 1. The molecule has 0 radical (unpaired) electrons. The van der Waals surface area contributed by atoms with Gasteiger partial charge in [-0.1, -0.05) is 13.3 Å². The molecule has 2 aromatic heterocycles. The first kappa shape index (κ1) is 23.9. The Balaban J connectivity index is 1.39. The molecule has 0 N–H and O–H groups in total. The monoisotopic (exact) mass is 482 g/mol. The standard InChI is InChI=1S/C25H30N4O4S/c1-4-5-19-16-26-25(27-17-19)28-11-8-20(9-12-28)33-21-10-13-29(24(30)15-21)23-7-6-22(14-18(23)2)34(3,31)32/h6-7,10,13-17,20H,4-5,8-9,11-12H2,1-3H3. The lowest BCUT2D eigenvalue weighted by atomic mass is 10.1. The minimum Gasteiger partial charge on any atom is -0.490 e. The Labute approximate surface area is 200 Å². The molecule has 1 aliphatic heterocycles. The van der Waals surface area contributed by atoms with E-state index < -0.39 is 9.84 Å². The third kappa shape index (κ3) is 5.47. The highest BCUT2D eigenvalue weighted by atomic mass is 32.2. The van der Waals surface area contributed by atoms with Crippen LogP contribution in [0.4, 0.5) is 5.95 Å². The summed E-state index contributed by atoms with van der Waals surface area (Å²) in [4.78, 5) is 24.2. The predicted octanol–water partition coefficient (Wildman–Crippen LogP) is 3.34. The van der Waals surface area contributed by atoms with Crippen molar-refractivity contribution in [3.63, 3.8) is 0 Å². The summed E-state index contributed by atoms with van der Waals surface area (Å²) >= 11 is 0. The van der Waals surface area contributed by atoms with Crippen molar-refractivity contribution in [3.8, 4) is 11.4 Å². The van der Waals surface area contributed by atoms with Gasteiger partial charge in [-0.25, -0.2) is 18.4 Å². The maximum absolute atomic E-state index is 12.8. The summed E-state index contributed by atoms with van der Waals surface area (Å²) in [5.74, 6) is 1.28. The number of pyridine rings is 1. The van der Waals surface area contributed by atoms with E-state index in [1.807, 2.05) is 12.4 Å². The highest BCUT2D eigenvalue weighted by Gasteiger charge is 2.22. The number of nitrogens with zero attached hydrogens (tertiary/aromatic N) is 4. The SMILES string of the molecule is CCCc1cnc(N2CCC(Oc3ccn(-c4ccc(S(C)(=O)=O)cc4C)c(=O)c3)CC2)nc1. The number of benzene rings is 1. The Hall–Kier alpha value is -3.20. The number of rotatable bonds is 7. The molecule has 0 atom stereocenters. The second kappa shape index (κ2) is 9.97. The van der Waals surface area contributed by atoms with Gasteiger partial charge in [0.05, 0.1) is 10.6 Å². The number of hydrogen-bond acceptors (Lipinski definition) is 7. The van der Waals surface area contributed by atoms with Gasteiger partial charge < -0.3 is 9.64 Å². The number of sulfone groups is 1. The molecule has 4 rings (SSSR count). The van der Waals surface area contributed by atoms with Gasteiger partial charge >= 0.3 is 0 Å². The Bertz CT molecular complexity index is 1310. The average Bonchev–Trinajstić information content (AvgIpc) is 2.80. The van der Waals surface area contributed by atoms with Crippen molar-refractivity contribution in [2.24, 2.45) is 0 Å². The lowest BCUT2D eigenvalue weighted by molar-refractivity contribution is 0.170. The van der Waals surface area contributed by atoms with E-state index in [0.717, 1.165) is 50.3 Å². The summed E-state index contributed by atoms with van der Waals surface area (Å²) < 4.78 is 31.1. The minimum absolute atomic E-state index is 0.0154. The molecule has 34 heavy (non-hydrogen) atoms. The molecule has 1 aromatic carbocycles. The molecule has 0 unspecified atom stereocenters. The van der Waals surface area contributed by atoms with Crippen LogP contribution >= 0.6 is 0 Å². The average molecular weight is 483 g/mol. The minimum atomic E-state index is -3.30. The Kier molecular flexibility index (Phi) is 7.02. The van der Waals surface area contributed by atoms with Gasteiger partial charge in [-0.3, -0.25) is 9.36 Å². The molecule has 0 bridgehead atoms. The second-order valence-corrected chi connectivity index (χ2v) is 10.8. The van der Waals surface area contributed by atoms with Gasteiger partial charge in [0.25, 0.3) is 5.56 Å². The zero-order valence-electron chi connectivity index (χ0n) is 19.8.